The average Bonchev–Trinajstić information content (AvgIpc) is 2.76. The molecule has 0 spiro atoms. The van der Waals surface area contributed by atoms with Gasteiger partial charge in [0.05, 0.1) is 5.41 Å². The third kappa shape index (κ3) is 1.62. The Labute approximate surface area is 112 Å². The molecule has 0 N–H and O–H groups in total. The van der Waals surface area contributed by atoms with Crippen LogP contribution in [0, 0.1) is 0 Å². The number of rotatable bonds is 3. The molecule has 0 amide bonds. The Bertz CT molecular complexity index is 570. The first-order valence-corrected chi connectivity index (χ1v) is 7.13. The minimum atomic E-state index is -0.0194. The van der Waals surface area contributed by atoms with E-state index in [9.17, 15) is 0 Å². The van der Waals surface area contributed by atoms with Crippen molar-refractivity contribution < 1.29 is 4.52 Å². The van der Waals surface area contributed by atoms with Gasteiger partial charge in [-0.05, 0) is 43.4 Å². The lowest BCUT2D eigenvalue weighted by molar-refractivity contribution is 0.262. The predicted molar refractivity (Wildman–Crippen MR) is 69.8 cm³/mol. The molecule has 4 rings (SSSR count). The fourth-order valence-electron chi connectivity index (χ4n) is 3.09. The SMILES string of the molecule is c1cc(C2(c3noc(C4CCC4)n3)CCC2)ccn1. The van der Waals surface area contributed by atoms with Crippen molar-refractivity contribution in [2.24, 2.45) is 0 Å². The Morgan fingerprint density at radius 3 is 2.47 bits per heavy atom. The minimum absolute atomic E-state index is 0.0194. The summed E-state index contributed by atoms with van der Waals surface area (Å²) in [4.78, 5) is 8.81. The zero-order valence-electron chi connectivity index (χ0n) is 10.9. The summed E-state index contributed by atoms with van der Waals surface area (Å²) in [6, 6.07) is 4.16. The molecule has 2 fully saturated rings. The van der Waals surface area contributed by atoms with Crippen molar-refractivity contribution in [1.29, 1.82) is 0 Å². The van der Waals surface area contributed by atoms with Gasteiger partial charge in [-0.2, -0.15) is 4.98 Å². The van der Waals surface area contributed by atoms with E-state index in [1.807, 2.05) is 12.4 Å². The fourth-order valence-corrected chi connectivity index (χ4v) is 3.09. The quantitative estimate of drug-likeness (QED) is 0.845. The van der Waals surface area contributed by atoms with Gasteiger partial charge < -0.3 is 4.52 Å². The summed E-state index contributed by atoms with van der Waals surface area (Å²) in [7, 11) is 0. The maximum Gasteiger partial charge on any atom is 0.229 e. The van der Waals surface area contributed by atoms with Crippen molar-refractivity contribution in [3.63, 3.8) is 0 Å². The summed E-state index contributed by atoms with van der Waals surface area (Å²) in [5.41, 5.74) is 1.25. The lowest BCUT2D eigenvalue weighted by Crippen LogP contribution is -2.36. The molecule has 0 radical (unpaired) electrons. The van der Waals surface area contributed by atoms with Gasteiger partial charge in [0, 0.05) is 18.3 Å². The normalized spacial score (nSPS) is 21.7. The Morgan fingerprint density at radius 1 is 1.11 bits per heavy atom. The van der Waals surface area contributed by atoms with Gasteiger partial charge in [-0.15, -0.1) is 0 Å². The molecular formula is C15H17N3O. The summed E-state index contributed by atoms with van der Waals surface area (Å²) >= 11 is 0. The van der Waals surface area contributed by atoms with Gasteiger partial charge in [0.15, 0.2) is 5.82 Å². The number of nitrogens with zero attached hydrogens (tertiary/aromatic N) is 3. The van der Waals surface area contributed by atoms with E-state index in [2.05, 4.69) is 22.3 Å². The van der Waals surface area contributed by atoms with Gasteiger partial charge in [-0.1, -0.05) is 18.0 Å². The van der Waals surface area contributed by atoms with Crippen molar-refractivity contribution >= 4 is 0 Å². The second-order valence-electron chi connectivity index (χ2n) is 5.76. The van der Waals surface area contributed by atoms with E-state index < -0.39 is 0 Å². The number of hydrogen-bond donors (Lipinski definition) is 0. The number of pyridine rings is 1. The van der Waals surface area contributed by atoms with Crippen LogP contribution in [-0.4, -0.2) is 15.1 Å². The van der Waals surface area contributed by atoms with Crippen molar-refractivity contribution in [3.8, 4) is 0 Å². The van der Waals surface area contributed by atoms with Crippen LogP contribution < -0.4 is 0 Å². The van der Waals surface area contributed by atoms with Crippen LogP contribution >= 0.6 is 0 Å². The first-order valence-electron chi connectivity index (χ1n) is 7.13. The standard InChI is InChI=1S/C15H17N3O/c1-3-11(4-1)13-17-14(18-19-13)15(7-2-8-15)12-5-9-16-10-6-12/h5-6,9-11H,1-4,7-8H2. The smallest absolute Gasteiger partial charge is 0.229 e. The third-order valence-corrected chi connectivity index (χ3v) is 4.76. The van der Waals surface area contributed by atoms with Gasteiger partial charge in [0.1, 0.15) is 0 Å². The van der Waals surface area contributed by atoms with Crippen LogP contribution in [0.15, 0.2) is 29.0 Å². The predicted octanol–water partition coefficient (Wildman–Crippen LogP) is 3.20. The lowest BCUT2D eigenvalue weighted by Gasteiger charge is -2.39. The summed E-state index contributed by atoms with van der Waals surface area (Å²) in [5, 5.41) is 4.28. The van der Waals surface area contributed by atoms with E-state index in [4.69, 9.17) is 9.51 Å². The molecule has 2 heterocycles. The Kier molecular flexibility index (Phi) is 2.43. The molecule has 2 aliphatic carbocycles. The first kappa shape index (κ1) is 11.1. The highest BCUT2D eigenvalue weighted by Crippen LogP contribution is 2.48. The van der Waals surface area contributed by atoms with E-state index in [0.717, 1.165) is 24.6 Å². The van der Waals surface area contributed by atoms with Crippen LogP contribution in [0.3, 0.4) is 0 Å². The van der Waals surface area contributed by atoms with Crippen LogP contribution in [0.2, 0.25) is 0 Å². The first-order chi connectivity index (χ1) is 9.38. The summed E-state index contributed by atoms with van der Waals surface area (Å²) < 4.78 is 5.50. The topological polar surface area (TPSA) is 51.8 Å². The average molecular weight is 255 g/mol. The molecule has 0 bridgehead atoms. The minimum Gasteiger partial charge on any atom is -0.339 e. The van der Waals surface area contributed by atoms with Crippen molar-refractivity contribution in [3.05, 3.63) is 41.8 Å². The summed E-state index contributed by atoms with van der Waals surface area (Å²) in [6.45, 7) is 0. The third-order valence-electron chi connectivity index (χ3n) is 4.76. The van der Waals surface area contributed by atoms with Gasteiger partial charge in [0.2, 0.25) is 5.89 Å². The van der Waals surface area contributed by atoms with Crippen molar-refractivity contribution in [1.82, 2.24) is 15.1 Å². The van der Waals surface area contributed by atoms with E-state index >= 15 is 0 Å². The van der Waals surface area contributed by atoms with Crippen molar-refractivity contribution in [2.75, 3.05) is 0 Å². The molecule has 4 nitrogen and oxygen atoms in total. The second kappa shape index (κ2) is 4.15. The second-order valence-corrected chi connectivity index (χ2v) is 5.76. The highest BCUT2D eigenvalue weighted by atomic mass is 16.5. The fraction of sp³-hybridized carbons (Fsp3) is 0.533. The van der Waals surface area contributed by atoms with Crippen LogP contribution in [0.25, 0.3) is 0 Å². The van der Waals surface area contributed by atoms with Crippen LogP contribution in [-0.2, 0) is 5.41 Å². The zero-order valence-corrected chi connectivity index (χ0v) is 10.9. The molecule has 2 saturated carbocycles. The maximum absolute atomic E-state index is 5.50. The molecule has 0 aromatic carbocycles. The van der Waals surface area contributed by atoms with Crippen molar-refractivity contribution in [2.45, 2.75) is 49.9 Å². The molecule has 19 heavy (non-hydrogen) atoms. The number of aromatic nitrogens is 3. The molecule has 2 aromatic rings. The van der Waals surface area contributed by atoms with Gasteiger partial charge >= 0.3 is 0 Å². The molecule has 0 saturated heterocycles. The van der Waals surface area contributed by atoms with Gasteiger partial charge in [-0.25, -0.2) is 0 Å². The van der Waals surface area contributed by atoms with E-state index in [-0.39, 0.29) is 5.41 Å². The van der Waals surface area contributed by atoms with Crippen LogP contribution in [0.4, 0.5) is 0 Å². The summed E-state index contributed by atoms with van der Waals surface area (Å²) in [6.07, 6.45) is 10.8. The van der Waals surface area contributed by atoms with E-state index in [1.165, 1.54) is 31.2 Å². The number of hydrogen-bond acceptors (Lipinski definition) is 4. The van der Waals surface area contributed by atoms with E-state index in [1.54, 1.807) is 0 Å². The maximum atomic E-state index is 5.50. The van der Waals surface area contributed by atoms with Gasteiger partial charge in [0.25, 0.3) is 0 Å². The molecule has 2 aromatic heterocycles. The molecule has 2 aliphatic rings. The Hall–Kier alpha value is -1.71. The lowest BCUT2D eigenvalue weighted by atomic mass is 9.64. The van der Waals surface area contributed by atoms with E-state index in [0.29, 0.717) is 5.92 Å². The molecule has 0 atom stereocenters. The highest BCUT2D eigenvalue weighted by Gasteiger charge is 2.45. The zero-order chi connectivity index (χ0) is 12.7. The van der Waals surface area contributed by atoms with Gasteiger partial charge in [-0.3, -0.25) is 4.98 Å². The largest absolute Gasteiger partial charge is 0.339 e. The molecule has 0 aliphatic heterocycles. The molecule has 98 valence electrons. The van der Waals surface area contributed by atoms with Crippen LogP contribution in [0.1, 0.15) is 61.7 Å². The molecule has 0 unspecified atom stereocenters. The highest BCUT2D eigenvalue weighted by molar-refractivity contribution is 5.34. The molecule has 4 heteroatoms. The van der Waals surface area contributed by atoms with Crippen LogP contribution in [0.5, 0.6) is 0 Å². The Balaban J connectivity index is 1.70. The summed E-state index contributed by atoms with van der Waals surface area (Å²) in [5.74, 6) is 2.24. The Morgan fingerprint density at radius 2 is 1.89 bits per heavy atom. The molecular weight excluding hydrogens is 238 g/mol. The monoisotopic (exact) mass is 255 g/mol.